The smallest absolute Gasteiger partial charge is 0.136 e. The summed E-state index contributed by atoms with van der Waals surface area (Å²) in [7, 11) is 0. The minimum Gasteiger partial charge on any atom is -0.353 e. The van der Waals surface area contributed by atoms with Crippen LogP contribution in [0.5, 0.6) is 0 Å². The molecule has 0 saturated carbocycles. The molecule has 122 valence electrons. The van der Waals surface area contributed by atoms with Gasteiger partial charge in [-0.1, -0.05) is 19.1 Å². The molecule has 1 aromatic carbocycles. The fourth-order valence-electron chi connectivity index (χ4n) is 3.36. The number of hydrogen-bond donors (Lipinski definition) is 1. The van der Waals surface area contributed by atoms with Gasteiger partial charge in [0.05, 0.1) is 0 Å². The summed E-state index contributed by atoms with van der Waals surface area (Å²) < 4.78 is 0. The molecule has 23 heavy (non-hydrogen) atoms. The second-order valence-corrected chi connectivity index (χ2v) is 6.40. The molecular weight excluding hydrogens is 284 g/mol. The van der Waals surface area contributed by atoms with E-state index >= 15 is 0 Å². The van der Waals surface area contributed by atoms with Crippen LogP contribution in [0.15, 0.2) is 30.3 Å². The van der Waals surface area contributed by atoms with E-state index in [2.05, 4.69) is 64.4 Å². The quantitative estimate of drug-likeness (QED) is 0.895. The van der Waals surface area contributed by atoms with E-state index < -0.39 is 0 Å². The summed E-state index contributed by atoms with van der Waals surface area (Å²) in [6.45, 7) is 7.43. The topological polar surface area (TPSA) is 41.0 Å². The number of aromatic nitrogens is 2. The Balaban J connectivity index is 1.86. The molecule has 1 saturated heterocycles. The van der Waals surface area contributed by atoms with Crippen LogP contribution in [-0.2, 0) is 0 Å². The fourth-order valence-corrected chi connectivity index (χ4v) is 3.36. The van der Waals surface area contributed by atoms with Gasteiger partial charge in [-0.2, -0.15) is 0 Å². The zero-order valence-corrected chi connectivity index (χ0v) is 14.3. The largest absolute Gasteiger partial charge is 0.353 e. The second kappa shape index (κ2) is 6.99. The highest BCUT2D eigenvalue weighted by Crippen LogP contribution is 2.27. The van der Waals surface area contributed by atoms with Crippen molar-refractivity contribution in [2.75, 3.05) is 16.8 Å². The van der Waals surface area contributed by atoms with Gasteiger partial charge in [-0.15, -0.1) is 0 Å². The predicted octanol–water partition coefficient (Wildman–Crippen LogP) is 4.61. The van der Waals surface area contributed by atoms with Gasteiger partial charge in [0.1, 0.15) is 17.5 Å². The maximum absolute atomic E-state index is 4.69. The first-order valence-electron chi connectivity index (χ1n) is 8.61. The first-order valence-corrected chi connectivity index (χ1v) is 8.61. The van der Waals surface area contributed by atoms with Crippen LogP contribution < -0.4 is 10.2 Å². The van der Waals surface area contributed by atoms with Crippen molar-refractivity contribution in [3.63, 3.8) is 0 Å². The van der Waals surface area contributed by atoms with Gasteiger partial charge in [0.25, 0.3) is 0 Å². The van der Waals surface area contributed by atoms with Gasteiger partial charge in [0.2, 0.25) is 0 Å². The standard InChI is InChI=1S/C19H26N4/c1-4-17-10-5-6-11-23(17)19-13-18(20-15(3)21-19)22-16-9-7-8-14(2)12-16/h7-9,12-13,17H,4-6,10-11H2,1-3H3,(H,20,21,22). The monoisotopic (exact) mass is 310 g/mol. The van der Waals surface area contributed by atoms with E-state index in [-0.39, 0.29) is 0 Å². The van der Waals surface area contributed by atoms with Crippen LogP contribution >= 0.6 is 0 Å². The maximum atomic E-state index is 4.69. The molecule has 0 radical (unpaired) electrons. The molecule has 0 spiro atoms. The highest BCUT2D eigenvalue weighted by Gasteiger charge is 2.22. The molecule has 3 rings (SSSR count). The highest BCUT2D eigenvalue weighted by molar-refractivity contribution is 5.60. The lowest BCUT2D eigenvalue weighted by Gasteiger charge is -2.36. The van der Waals surface area contributed by atoms with Crippen molar-refractivity contribution >= 4 is 17.3 Å². The molecule has 2 heterocycles. The van der Waals surface area contributed by atoms with Gasteiger partial charge in [-0.25, -0.2) is 9.97 Å². The number of piperidine rings is 1. The lowest BCUT2D eigenvalue weighted by atomic mass is 10.00. The van der Waals surface area contributed by atoms with Crippen LogP contribution in [0.2, 0.25) is 0 Å². The van der Waals surface area contributed by atoms with Gasteiger partial charge in [-0.05, 0) is 57.2 Å². The van der Waals surface area contributed by atoms with Crippen molar-refractivity contribution in [1.82, 2.24) is 9.97 Å². The third kappa shape index (κ3) is 3.81. The SMILES string of the molecule is CCC1CCCCN1c1cc(Nc2cccc(C)c2)nc(C)n1. The van der Waals surface area contributed by atoms with Gasteiger partial charge >= 0.3 is 0 Å². The van der Waals surface area contributed by atoms with E-state index in [1.165, 1.54) is 31.2 Å². The molecule has 1 fully saturated rings. The molecule has 1 aromatic heterocycles. The van der Waals surface area contributed by atoms with E-state index in [1.807, 2.05) is 6.92 Å². The Labute approximate surface area is 139 Å². The molecule has 0 amide bonds. The molecule has 1 aliphatic heterocycles. The number of hydrogen-bond acceptors (Lipinski definition) is 4. The Morgan fingerprint density at radius 3 is 2.83 bits per heavy atom. The summed E-state index contributed by atoms with van der Waals surface area (Å²) >= 11 is 0. The molecule has 0 bridgehead atoms. The van der Waals surface area contributed by atoms with Crippen molar-refractivity contribution in [1.29, 1.82) is 0 Å². The third-order valence-corrected chi connectivity index (χ3v) is 4.51. The lowest BCUT2D eigenvalue weighted by molar-refractivity contribution is 0.446. The first-order chi connectivity index (χ1) is 11.2. The minimum absolute atomic E-state index is 0.602. The number of nitrogens with zero attached hydrogens (tertiary/aromatic N) is 3. The van der Waals surface area contributed by atoms with E-state index in [9.17, 15) is 0 Å². The molecule has 1 N–H and O–H groups in total. The molecule has 2 aromatic rings. The molecule has 1 unspecified atom stereocenters. The number of rotatable bonds is 4. The Bertz CT molecular complexity index is 668. The molecule has 4 nitrogen and oxygen atoms in total. The maximum Gasteiger partial charge on any atom is 0.136 e. The summed E-state index contributed by atoms with van der Waals surface area (Å²) in [5, 5.41) is 3.42. The van der Waals surface area contributed by atoms with Gasteiger partial charge in [-0.3, -0.25) is 0 Å². The summed E-state index contributed by atoms with van der Waals surface area (Å²) in [4.78, 5) is 11.7. The van der Waals surface area contributed by atoms with Gasteiger partial charge in [0, 0.05) is 24.3 Å². The predicted molar refractivity (Wildman–Crippen MR) is 96.5 cm³/mol. The van der Waals surface area contributed by atoms with Crippen LogP contribution in [0.25, 0.3) is 0 Å². The van der Waals surface area contributed by atoms with Crippen LogP contribution in [0, 0.1) is 13.8 Å². The summed E-state index contributed by atoms with van der Waals surface area (Å²) in [5.74, 6) is 2.75. The number of anilines is 3. The Hall–Kier alpha value is -2.10. The zero-order valence-electron chi connectivity index (χ0n) is 14.3. The number of aryl methyl sites for hydroxylation is 2. The average Bonchev–Trinajstić information content (AvgIpc) is 2.54. The van der Waals surface area contributed by atoms with Crippen LogP contribution in [-0.4, -0.2) is 22.6 Å². The molecule has 1 aliphatic rings. The Morgan fingerprint density at radius 2 is 2.04 bits per heavy atom. The number of nitrogens with one attached hydrogen (secondary N) is 1. The van der Waals surface area contributed by atoms with E-state index in [0.717, 1.165) is 29.7 Å². The molecule has 0 aliphatic carbocycles. The third-order valence-electron chi connectivity index (χ3n) is 4.51. The number of benzene rings is 1. The molecule has 1 atom stereocenters. The summed E-state index contributed by atoms with van der Waals surface area (Å²) in [6.07, 6.45) is 5.01. The minimum atomic E-state index is 0.602. The molecule has 4 heteroatoms. The highest BCUT2D eigenvalue weighted by atomic mass is 15.2. The lowest BCUT2D eigenvalue weighted by Crippen LogP contribution is -2.39. The van der Waals surface area contributed by atoms with E-state index in [0.29, 0.717) is 6.04 Å². The molecular formula is C19H26N4. The van der Waals surface area contributed by atoms with Gasteiger partial charge < -0.3 is 10.2 Å². The normalized spacial score (nSPS) is 18.0. The van der Waals surface area contributed by atoms with E-state index in [4.69, 9.17) is 0 Å². The van der Waals surface area contributed by atoms with Crippen molar-refractivity contribution in [2.45, 2.75) is 52.5 Å². The first kappa shape index (κ1) is 15.8. The second-order valence-electron chi connectivity index (χ2n) is 6.40. The van der Waals surface area contributed by atoms with Crippen molar-refractivity contribution in [3.8, 4) is 0 Å². The Morgan fingerprint density at radius 1 is 1.17 bits per heavy atom. The zero-order chi connectivity index (χ0) is 16.2. The van der Waals surface area contributed by atoms with Gasteiger partial charge in [0.15, 0.2) is 0 Å². The van der Waals surface area contributed by atoms with Crippen molar-refractivity contribution in [2.24, 2.45) is 0 Å². The van der Waals surface area contributed by atoms with Crippen molar-refractivity contribution < 1.29 is 0 Å². The van der Waals surface area contributed by atoms with Crippen LogP contribution in [0.3, 0.4) is 0 Å². The van der Waals surface area contributed by atoms with Crippen LogP contribution in [0.4, 0.5) is 17.3 Å². The van der Waals surface area contributed by atoms with Crippen LogP contribution in [0.1, 0.15) is 44.0 Å². The summed E-state index contributed by atoms with van der Waals surface area (Å²) in [6, 6.07) is 11.0. The van der Waals surface area contributed by atoms with E-state index in [1.54, 1.807) is 0 Å². The van der Waals surface area contributed by atoms with Crippen molar-refractivity contribution in [3.05, 3.63) is 41.7 Å². The summed E-state index contributed by atoms with van der Waals surface area (Å²) in [5.41, 5.74) is 2.31. The fraction of sp³-hybridized carbons (Fsp3) is 0.474. The average molecular weight is 310 g/mol. The Kier molecular flexibility index (Phi) is 4.79.